The fraction of sp³-hybridized carbons (Fsp3) is 0.273. The van der Waals surface area contributed by atoms with Crippen molar-refractivity contribution in [3.63, 3.8) is 0 Å². The number of aliphatic carboxylic acids is 2. The van der Waals surface area contributed by atoms with Crippen molar-refractivity contribution in [3.8, 4) is 0 Å². The van der Waals surface area contributed by atoms with Crippen LogP contribution in [0, 0.1) is 5.41 Å². The number of carboxylic acid groups (broad SMARTS) is 2. The highest BCUT2D eigenvalue weighted by molar-refractivity contribution is 5.98. The van der Waals surface area contributed by atoms with Gasteiger partial charge in [-0.1, -0.05) is 66.7 Å². The number of anilines is 2. The van der Waals surface area contributed by atoms with Gasteiger partial charge in [0.25, 0.3) is 11.9 Å². The van der Waals surface area contributed by atoms with Crippen LogP contribution >= 0.6 is 0 Å². The molecule has 4 aromatic carbocycles. The molecule has 1 fully saturated rings. The molecule has 0 radical (unpaired) electrons. The summed E-state index contributed by atoms with van der Waals surface area (Å²) in [6, 6.07) is 33.1. The Kier molecular flexibility index (Phi) is 14.5. The molecule has 1 amide bonds. The Balaban J connectivity index is 0.000000710. The second-order valence-electron chi connectivity index (χ2n) is 14.0. The van der Waals surface area contributed by atoms with Crippen molar-refractivity contribution in [1.82, 2.24) is 19.4 Å². The van der Waals surface area contributed by atoms with Crippen LogP contribution < -0.4 is 16.0 Å². The van der Waals surface area contributed by atoms with Gasteiger partial charge in [0.2, 0.25) is 5.91 Å². The van der Waals surface area contributed by atoms with Gasteiger partial charge in [0.1, 0.15) is 11.7 Å². The summed E-state index contributed by atoms with van der Waals surface area (Å²) >= 11 is 0. The number of carboxylic acids is 2. The fourth-order valence-electron chi connectivity index (χ4n) is 6.86. The second-order valence-corrected chi connectivity index (χ2v) is 14.0. The molecule has 1 aliphatic heterocycles. The average Bonchev–Trinajstić information content (AvgIpc) is 3.51. The van der Waals surface area contributed by atoms with Gasteiger partial charge in [-0.25, -0.2) is 4.98 Å². The summed E-state index contributed by atoms with van der Waals surface area (Å²) in [5.41, 5.74) is 12.4. The highest BCUT2D eigenvalue weighted by atomic mass is 16.4. The first-order valence-electron chi connectivity index (χ1n) is 18.8. The zero-order valence-corrected chi connectivity index (χ0v) is 32.6. The van der Waals surface area contributed by atoms with E-state index < -0.39 is 11.9 Å². The van der Waals surface area contributed by atoms with E-state index in [1.54, 1.807) is 6.20 Å². The van der Waals surface area contributed by atoms with E-state index in [4.69, 9.17) is 35.9 Å². The van der Waals surface area contributed by atoms with E-state index in [0.29, 0.717) is 19.1 Å². The molecule has 0 spiro atoms. The number of nitrogens with zero attached hydrogens (tertiary/aromatic N) is 5. The number of amides is 1. The highest BCUT2D eigenvalue weighted by Gasteiger charge is 2.25. The molecule has 0 unspecified atom stereocenters. The highest BCUT2D eigenvalue weighted by Crippen LogP contribution is 2.28. The molecule has 13 heteroatoms. The lowest BCUT2D eigenvalue weighted by Crippen LogP contribution is -2.45. The van der Waals surface area contributed by atoms with E-state index in [-0.39, 0.29) is 11.7 Å². The average molecular weight is 771 g/mol. The number of hydrogen-bond donors (Lipinski definition) is 5. The zero-order valence-electron chi connectivity index (χ0n) is 32.6. The number of likely N-dealkylation sites (tertiary alicyclic amines) is 1. The van der Waals surface area contributed by atoms with Gasteiger partial charge < -0.3 is 30.7 Å². The number of carbonyl (C=O) groups is 3. The molecule has 1 aliphatic rings. The van der Waals surface area contributed by atoms with Gasteiger partial charge in [-0.15, -0.1) is 0 Å². The van der Waals surface area contributed by atoms with E-state index in [0.717, 1.165) is 103 Å². The Morgan fingerprint density at radius 2 is 1.58 bits per heavy atom. The van der Waals surface area contributed by atoms with Gasteiger partial charge in [0, 0.05) is 70.1 Å². The number of hydrogen-bond acceptors (Lipinski definition) is 8. The third-order valence-electron chi connectivity index (χ3n) is 9.66. The van der Waals surface area contributed by atoms with Crippen LogP contribution in [-0.4, -0.2) is 79.0 Å². The number of carbonyl (C=O) groups excluding carboxylic acids is 1. The van der Waals surface area contributed by atoms with Crippen LogP contribution in [0.5, 0.6) is 0 Å². The normalized spacial score (nSPS) is 12.8. The molecule has 0 aliphatic carbocycles. The van der Waals surface area contributed by atoms with Gasteiger partial charge in [0.05, 0.1) is 29.8 Å². The quantitative estimate of drug-likeness (QED) is 0.0720. The maximum atomic E-state index is 14.3. The predicted molar refractivity (Wildman–Crippen MR) is 225 cm³/mol. The lowest BCUT2D eigenvalue weighted by molar-refractivity contribution is -0.135. The number of amidine groups is 1. The summed E-state index contributed by atoms with van der Waals surface area (Å²) in [5.74, 6) is -0.530. The number of nitrogens with one attached hydrogen (secondary N) is 2. The van der Waals surface area contributed by atoms with Crippen molar-refractivity contribution in [2.75, 3.05) is 29.9 Å². The molecule has 296 valence electrons. The van der Waals surface area contributed by atoms with Crippen molar-refractivity contribution in [1.29, 1.82) is 5.41 Å². The maximum absolute atomic E-state index is 14.3. The number of fused-ring (bicyclic) bond motifs is 2. The Bertz CT molecular complexity index is 2280. The minimum absolute atomic E-state index is 0.0735. The number of rotatable bonds is 11. The molecule has 3 heterocycles. The molecule has 7 rings (SSSR count). The number of nitrogen functional groups attached to an aromatic ring is 1. The Morgan fingerprint density at radius 1 is 0.895 bits per heavy atom. The third kappa shape index (κ3) is 11.9. The maximum Gasteiger partial charge on any atom is 0.300 e. The molecule has 6 N–H and O–H groups in total. The van der Waals surface area contributed by atoms with Crippen LogP contribution in [-0.2, 0) is 40.8 Å². The molecule has 0 atom stereocenters. The summed E-state index contributed by atoms with van der Waals surface area (Å²) < 4.78 is 2.14. The summed E-state index contributed by atoms with van der Waals surface area (Å²) in [6.45, 7) is 4.71. The van der Waals surface area contributed by atoms with E-state index in [1.807, 2.05) is 47.5 Å². The molecular formula is C44H50N8O5. The molecule has 0 saturated carbocycles. The van der Waals surface area contributed by atoms with Crippen molar-refractivity contribution in [2.45, 2.75) is 52.1 Å². The van der Waals surface area contributed by atoms with Crippen LogP contribution in [0.3, 0.4) is 0 Å². The molecule has 2 aromatic heterocycles. The van der Waals surface area contributed by atoms with Gasteiger partial charge in [-0.05, 0) is 71.5 Å². The second kappa shape index (κ2) is 19.8. The van der Waals surface area contributed by atoms with Crippen molar-refractivity contribution < 1.29 is 24.6 Å². The van der Waals surface area contributed by atoms with Crippen molar-refractivity contribution >= 4 is 56.9 Å². The zero-order chi connectivity index (χ0) is 40.9. The van der Waals surface area contributed by atoms with E-state index >= 15 is 0 Å². The lowest BCUT2D eigenvalue weighted by atomic mass is 10.0. The topological polar surface area (TPSA) is 191 Å². The minimum Gasteiger partial charge on any atom is -0.481 e. The first kappa shape index (κ1) is 41.6. The van der Waals surface area contributed by atoms with Crippen molar-refractivity contribution in [2.24, 2.45) is 12.8 Å². The summed E-state index contributed by atoms with van der Waals surface area (Å²) in [5, 5.41) is 28.4. The number of piperidine rings is 1. The van der Waals surface area contributed by atoms with Crippen LogP contribution in [0.25, 0.3) is 21.8 Å². The summed E-state index contributed by atoms with van der Waals surface area (Å²) in [7, 11) is 2.05. The van der Waals surface area contributed by atoms with Gasteiger partial charge in [-0.3, -0.25) is 29.7 Å². The predicted octanol–water partition coefficient (Wildman–Crippen LogP) is 6.48. The SMILES string of the molecule is CC(=O)O.CC(=O)O.Cn1c(CCc2ccc(C(=N)N)cc2)nc2cc(N(Cc3cccc4ccccc34)C(=O)CN3CCC(Nc4cccnc4)CC3)ccc21. The molecule has 13 nitrogen and oxygen atoms in total. The van der Waals surface area contributed by atoms with E-state index in [2.05, 4.69) is 87.5 Å². The van der Waals surface area contributed by atoms with E-state index in [9.17, 15) is 4.79 Å². The van der Waals surface area contributed by atoms with E-state index in [1.165, 1.54) is 5.56 Å². The monoisotopic (exact) mass is 770 g/mol. The lowest BCUT2D eigenvalue weighted by Gasteiger charge is -2.34. The first-order chi connectivity index (χ1) is 27.4. The summed E-state index contributed by atoms with van der Waals surface area (Å²) in [4.78, 5) is 45.7. The number of imidazole rings is 1. The summed E-state index contributed by atoms with van der Waals surface area (Å²) in [6.07, 6.45) is 7.17. The standard InChI is InChI=1S/C40H42N8O.2C2H4O2/c1-46-37-17-16-34(24-36(37)45-38(46)18-13-28-11-14-30(15-12-28)40(41)42)48(26-31-8-4-7-29-6-2-3-10-35(29)31)39(49)27-47-22-19-32(20-23-47)44-33-9-5-21-43-25-33;2*1-2(3)4/h2-12,14-17,21,24-25,32,44H,13,18-20,22-23,26-27H2,1H3,(H3,41,42);2*1H3,(H,3,4). The molecule has 0 bridgehead atoms. The van der Waals surface area contributed by atoms with Crippen molar-refractivity contribution in [3.05, 3.63) is 132 Å². The Labute approximate surface area is 332 Å². The first-order valence-corrected chi connectivity index (χ1v) is 18.8. The molecule has 57 heavy (non-hydrogen) atoms. The fourth-order valence-corrected chi connectivity index (χ4v) is 6.86. The van der Waals surface area contributed by atoms with Gasteiger partial charge in [0.15, 0.2) is 0 Å². The van der Waals surface area contributed by atoms with Crippen LogP contribution in [0.4, 0.5) is 11.4 Å². The largest absolute Gasteiger partial charge is 0.481 e. The number of pyridine rings is 1. The molecule has 6 aromatic rings. The molecular weight excluding hydrogens is 721 g/mol. The van der Waals surface area contributed by atoms with Crippen LogP contribution in [0.1, 0.15) is 49.2 Å². The Hall–Kier alpha value is -6.60. The van der Waals surface area contributed by atoms with Gasteiger partial charge >= 0.3 is 0 Å². The Morgan fingerprint density at radius 3 is 2.25 bits per heavy atom. The number of nitrogens with two attached hydrogens (primary N) is 1. The smallest absolute Gasteiger partial charge is 0.300 e. The van der Waals surface area contributed by atoms with Gasteiger partial charge in [-0.2, -0.15) is 0 Å². The molecule has 1 saturated heterocycles. The number of aryl methyl sites for hydroxylation is 3. The minimum atomic E-state index is -0.833. The number of benzene rings is 4. The van der Waals surface area contributed by atoms with Crippen LogP contribution in [0.15, 0.2) is 109 Å². The third-order valence-corrected chi connectivity index (χ3v) is 9.66. The van der Waals surface area contributed by atoms with Crippen LogP contribution in [0.2, 0.25) is 0 Å². The number of aromatic nitrogens is 3.